The van der Waals surface area contributed by atoms with Gasteiger partial charge in [-0.25, -0.2) is 0 Å². The summed E-state index contributed by atoms with van der Waals surface area (Å²) in [5, 5.41) is 15.5. The first-order valence-electron chi connectivity index (χ1n) is 9.31. The van der Waals surface area contributed by atoms with Crippen molar-refractivity contribution in [1.29, 1.82) is 0 Å². The van der Waals surface area contributed by atoms with E-state index in [1.165, 1.54) is 4.80 Å². The van der Waals surface area contributed by atoms with Crippen LogP contribution >= 0.6 is 15.9 Å². The fourth-order valence-corrected chi connectivity index (χ4v) is 3.29. The molecule has 0 aliphatic rings. The Kier molecular flexibility index (Phi) is 6.24. The third kappa shape index (κ3) is 4.65. The molecular weight excluding hydrogens is 418 g/mol. The molecule has 1 aromatic heterocycles. The van der Waals surface area contributed by atoms with Gasteiger partial charge in [0.2, 0.25) is 11.7 Å². The van der Waals surface area contributed by atoms with Gasteiger partial charge in [0.15, 0.2) is 0 Å². The van der Waals surface area contributed by atoms with Crippen molar-refractivity contribution in [3.63, 3.8) is 0 Å². The van der Waals surface area contributed by atoms with Gasteiger partial charge in [0.1, 0.15) is 6.54 Å². The molecule has 0 bridgehead atoms. The second-order valence-electron chi connectivity index (χ2n) is 7.32. The zero-order valence-corrected chi connectivity index (χ0v) is 18.1. The Balaban J connectivity index is 1.77. The first kappa shape index (κ1) is 20.2. The molecule has 3 rings (SSSR count). The van der Waals surface area contributed by atoms with E-state index in [1.54, 1.807) is 0 Å². The zero-order valence-electron chi connectivity index (χ0n) is 16.5. The molecule has 0 fully saturated rings. The molecule has 0 atom stereocenters. The highest BCUT2D eigenvalue weighted by Crippen LogP contribution is 2.32. The molecule has 0 aliphatic carbocycles. The van der Waals surface area contributed by atoms with E-state index >= 15 is 0 Å². The van der Waals surface area contributed by atoms with Crippen LogP contribution < -0.4 is 5.32 Å². The average molecular weight is 442 g/mol. The van der Waals surface area contributed by atoms with Crippen LogP contribution in [0.1, 0.15) is 50.7 Å². The van der Waals surface area contributed by atoms with Crippen LogP contribution in [0.3, 0.4) is 0 Å². The maximum atomic E-state index is 12.7. The number of amides is 1. The first-order valence-corrected chi connectivity index (χ1v) is 10.1. The summed E-state index contributed by atoms with van der Waals surface area (Å²) >= 11 is 3.40. The van der Waals surface area contributed by atoms with Gasteiger partial charge in [0.05, 0.1) is 0 Å². The number of para-hydroxylation sites is 1. The molecule has 0 saturated carbocycles. The minimum absolute atomic E-state index is 0.00743. The summed E-state index contributed by atoms with van der Waals surface area (Å²) in [5.41, 5.74) is 4.00. The maximum Gasteiger partial charge on any atom is 0.248 e. The smallest absolute Gasteiger partial charge is 0.248 e. The number of carbonyl (C=O) groups is 1. The summed E-state index contributed by atoms with van der Waals surface area (Å²) in [4.78, 5) is 14.0. The fourth-order valence-electron chi connectivity index (χ4n) is 3.03. The summed E-state index contributed by atoms with van der Waals surface area (Å²) in [6.07, 6.45) is 0. The first-order chi connectivity index (χ1) is 13.3. The summed E-state index contributed by atoms with van der Waals surface area (Å²) in [7, 11) is 0. The second-order valence-corrected chi connectivity index (χ2v) is 8.24. The topological polar surface area (TPSA) is 72.7 Å². The van der Waals surface area contributed by atoms with Crippen LogP contribution in [0.2, 0.25) is 0 Å². The van der Waals surface area contributed by atoms with Gasteiger partial charge in [-0.1, -0.05) is 61.8 Å². The normalized spacial score (nSPS) is 11.2. The van der Waals surface area contributed by atoms with E-state index in [9.17, 15) is 4.79 Å². The number of hydrogen-bond acceptors (Lipinski definition) is 4. The number of aromatic nitrogens is 4. The van der Waals surface area contributed by atoms with E-state index in [0.717, 1.165) is 26.9 Å². The van der Waals surface area contributed by atoms with E-state index in [0.29, 0.717) is 17.7 Å². The molecule has 3 aromatic rings. The highest BCUT2D eigenvalue weighted by atomic mass is 79.9. The molecule has 2 aromatic carbocycles. The van der Waals surface area contributed by atoms with Crippen molar-refractivity contribution in [3.8, 4) is 11.4 Å². The third-order valence-electron chi connectivity index (χ3n) is 4.48. The second kappa shape index (κ2) is 8.65. The lowest BCUT2D eigenvalue weighted by Gasteiger charge is -2.20. The Morgan fingerprint density at radius 3 is 2.21 bits per heavy atom. The third-order valence-corrected chi connectivity index (χ3v) is 5.01. The molecule has 0 aliphatic heterocycles. The molecule has 6 nitrogen and oxygen atoms in total. The molecule has 28 heavy (non-hydrogen) atoms. The Hall–Kier alpha value is -2.54. The van der Waals surface area contributed by atoms with Gasteiger partial charge in [-0.15, -0.1) is 10.2 Å². The SMILES string of the molecule is CC(C)c1cccc(C(C)C)c1NC(=O)Cn1nnc(-c2ccc(Br)cc2)n1. The standard InChI is InChI=1S/C21H24BrN5O/c1-13(2)17-6-5-7-18(14(3)4)20(17)23-19(28)12-27-25-21(24-26-27)15-8-10-16(22)11-9-15/h5-11,13-14H,12H2,1-4H3,(H,23,28). The summed E-state index contributed by atoms with van der Waals surface area (Å²) in [6.45, 7) is 8.50. The largest absolute Gasteiger partial charge is 0.324 e. The van der Waals surface area contributed by atoms with E-state index in [1.807, 2.05) is 30.3 Å². The van der Waals surface area contributed by atoms with Gasteiger partial charge in [-0.3, -0.25) is 4.79 Å². The number of rotatable bonds is 6. The Morgan fingerprint density at radius 2 is 1.64 bits per heavy atom. The molecule has 146 valence electrons. The molecule has 1 heterocycles. The van der Waals surface area contributed by atoms with E-state index in [4.69, 9.17) is 0 Å². The van der Waals surface area contributed by atoms with Crippen LogP contribution in [0.5, 0.6) is 0 Å². The lowest BCUT2D eigenvalue weighted by atomic mass is 9.92. The molecule has 7 heteroatoms. The van der Waals surface area contributed by atoms with Crippen molar-refractivity contribution in [2.24, 2.45) is 0 Å². The molecule has 1 amide bonds. The van der Waals surface area contributed by atoms with Gasteiger partial charge in [-0.2, -0.15) is 4.80 Å². The number of carbonyl (C=O) groups excluding carboxylic acids is 1. The number of halogens is 1. The highest BCUT2D eigenvalue weighted by molar-refractivity contribution is 9.10. The van der Waals surface area contributed by atoms with Crippen LogP contribution in [0.4, 0.5) is 5.69 Å². The number of anilines is 1. The minimum Gasteiger partial charge on any atom is -0.324 e. The van der Waals surface area contributed by atoms with Crippen molar-refractivity contribution >= 4 is 27.5 Å². The zero-order chi connectivity index (χ0) is 20.3. The number of nitrogens with one attached hydrogen (secondary N) is 1. The quantitative estimate of drug-likeness (QED) is 0.584. The molecular formula is C21H24BrN5O. The van der Waals surface area contributed by atoms with Gasteiger partial charge >= 0.3 is 0 Å². The lowest BCUT2D eigenvalue weighted by Crippen LogP contribution is -2.22. The van der Waals surface area contributed by atoms with Crippen LogP contribution in [0, 0.1) is 0 Å². The summed E-state index contributed by atoms with van der Waals surface area (Å²) < 4.78 is 0.979. The van der Waals surface area contributed by atoms with E-state index < -0.39 is 0 Å². The molecule has 0 saturated heterocycles. The molecule has 0 unspecified atom stereocenters. The number of tetrazole rings is 1. The Bertz CT molecular complexity index is 937. The number of benzene rings is 2. The fraction of sp³-hybridized carbons (Fsp3) is 0.333. The van der Waals surface area contributed by atoms with Gasteiger partial charge in [0.25, 0.3) is 0 Å². The van der Waals surface area contributed by atoms with Crippen molar-refractivity contribution < 1.29 is 4.79 Å². The Labute approximate surface area is 173 Å². The van der Waals surface area contributed by atoms with Crippen LogP contribution in [0.15, 0.2) is 46.9 Å². The van der Waals surface area contributed by atoms with Crippen molar-refractivity contribution in [2.75, 3.05) is 5.32 Å². The minimum atomic E-state index is -0.172. The monoisotopic (exact) mass is 441 g/mol. The number of hydrogen-bond donors (Lipinski definition) is 1. The average Bonchev–Trinajstić information content (AvgIpc) is 3.10. The van der Waals surface area contributed by atoms with Gasteiger partial charge < -0.3 is 5.32 Å². The lowest BCUT2D eigenvalue weighted by molar-refractivity contribution is -0.117. The summed E-state index contributed by atoms with van der Waals surface area (Å²) in [5.74, 6) is 0.936. The van der Waals surface area contributed by atoms with Crippen LogP contribution in [0.25, 0.3) is 11.4 Å². The number of nitrogens with zero attached hydrogens (tertiary/aromatic N) is 4. The highest BCUT2D eigenvalue weighted by Gasteiger charge is 2.17. The van der Waals surface area contributed by atoms with E-state index in [2.05, 4.69) is 76.5 Å². The van der Waals surface area contributed by atoms with Crippen molar-refractivity contribution in [2.45, 2.75) is 46.1 Å². The van der Waals surface area contributed by atoms with Gasteiger partial charge in [0, 0.05) is 15.7 Å². The molecule has 1 N–H and O–H groups in total. The van der Waals surface area contributed by atoms with Crippen LogP contribution in [-0.4, -0.2) is 26.1 Å². The molecule has 0 spiro atoms. The predicted octanol–water partition coefficient (Wildman–Crippen LogP) is 4.99. The van der Waals surface area contributed by atoms with E-state index in [-0.39, 0.29) is 12.5 Å². The van der Waals surface area contributed by atoms with Crippen LogP contribution in [-0.2, 0) is 11.3 Å². The maximum absolute atomic E-state index is 12.7. The summed E-state index contributed by atoms with van der Waals surface area (Å²) in [6, 6.07) is 13.8. The van der Waals surface area contributed by atoms with Crippen molar-refractivity contribution in [3.05, 3.63) is 58.1 Å². The molecule has 0 radical (unpaired) electrons. The Morgan fingerprint density at radius 1 is 1.04 bits per heavy atom. The van der Waals surface area contributed by atoms with Crippen molar-refractivity contribution in [1.82, 2.24) is 20.2 Å². The predicted molar refractivity (Wildman–Crippen MR) is 114 cm³/mol. The van der Waals surface area contributed by atoms with Gasteiger partial charge in [-0.05, 0) is 52.4 Å².